The summed E-state index contributed by atoms with van der Waals surface area (Å²) in [6, 6.07) is 20.1. The molecule has 178 valence electrons. The second-order valence-electron chi connectivity index (χ2n) is 9.01. The van der Waals surface area contributed by atoms with Gasteiger partial charge in [0.15, 0.2) is 0 Å². The van der Waals surface area contributed by atoms with Gasteiger partial charge in [0.1, 0.15) is 5.82 Å². The number of aromatic nitrogens is 4. The van der Waals surface area contributed by atoms with Gasteiger partial charge < -0.3 is 0 Å². The Kier molecular flexibility index (Phi) is 7.26. The molecule has 0 amide bonds. The van der Waals surface area contributed by atoms with Gasteiger partial charge in [-0.25, -0.2) is 4.98 Å². The molecule has 0 saturated carbocycles. The highest BCUT2D eigenvalue weighted by molar-refractivity contribution is 5.71. The number of hydrogen-bond donors (Lipinski definition) is 0. The van der Waals surface area contributed by atoms with E-state index in [1.54, 1.807) is 4.57 Å². The molecular weight excluding hydrogens is 434 g/mol. The molecule has 0 atom stereocenters. The Morgan fingerprint density at radius 3 is 2.49 bits per heavy atom. The standard InChI is InChI=1S/C29H31N5O/c1-5-6-12-28-27(29(35)34(21(3)31-28)19-25-15-20(2)33(4)32-25)17-22-13-14-26(24(16-22)18-30)23-10-8-7-9-11-23/h7-11,13-16H,5-6,12,17,19H2,1-4H3. The van der Waals surface area contributed by atoms with Gasteiger partial charge in [-0.15, -0.1) is 0 Å². The first-order chi connectivity index (χ1) is 16.9. The largest absolute Gasteiger partial charge is 0.290 e. The van der Waals surface area contributed by atoms with E-state index in [0.29, 0.717) is 29.9 Å². The predicted molar refractivity (Wildman–Crippen MR) is 138 cm³/mol. The third-order valence-corrected chi connectivity index (χ3v) is 6.46. The normalized spacial score (nSPS) is 10.9. The van der Waals surface area contributed by atoms with Crippen molar-refractivity contribution in [2.45, 2.75) is 53.0 Å². The van der Waals surface area contributed by atoms with Crippen LogP contribution < -0.4 is 5.56 Å². The molecule has 0 aliphatic heterocycles. The summed E-state index contributed by atoms with van der Waals surface area (Å²) in [5.74, 6) is 0.699. The lowest BCUT2D eigenvalue weighted by molar-refractivity contribution is 0.637. The van der Waals surface area contributed by atoms with E-state index in [-0.39, 0.29) is 5.56 Å². The van der Waals surface area contributed by atoms with Gasteiger partial charge in [-0.2, -0.15) is 10.4 Å². The number of rotatable bonds is 8. The summed E-state index contributed by atoms with van der Waals surface area (Å²) in [6.07, 6.45) is 3.20. The quantitative estimate of drug-likeness (QED) is 0.362. The molecule has 0 radical (unpaired) electrons. The van der Waals surface area contributed by atoms with Gasteiger partial charge in [0.2, 0.25) is 0 Å². The number of nitriles is 1. The second-order valence-corrected chi connectivity index (χ2v) is 9.01. The lowest BCUT2D eigenvalue weighted by atomic mass is 9.95. The molecule has 2 heterocycles. The summed E-state index contributed by atoms with van der Waals surface area (Å²) < 4.78 is 3.54. The Balaban J connectivity index is 1.75. The minimum atomic E-state index is -0.0300. The average Bonchev–Trinajstić information content (AvgIpc) is 3.19. The first-order valence-corrected chi connectivity index (χ1v) is 12.1. The molecular formula is C29H31N5O. The Morgan fingerprint density at radius 2 is 1.83 bits per heavy atom. The lowest BCUT2D eigenvalue weighted by Crippen LogP contribution is -2.30. The van der Waals surface area contributed by atoms with Crippen LogP contribution in [0.25, 0.3) is 11.1 Å². The number of benzene rings is 2. The van der Waals surface area contributed by atoms with E-state index >= 15 is 0 Å². The average molecular weight is 466 g/mol. The Morgan fingerprint density at radius 1 is 1.06 bits per heavy atom. The van der Waals surface area contributed by atoms with Crippen LogP contribution in [0.3, 0.4) is 0 Å². The molecule has 6 nitrogen and oxygen atoms in total. The van der Waals surface area contributed by atoms with Crippen molar-refractivity contribution >= 4 is 0 Å². The van der Waals surface area contributed by atoms with Crippen molar-refractivity contribution in [3.05, 3.63) is 105 Å². The topological polar surface area (TPSA) is 76.5 Å². The van der Waals surface area contributed by atoms with Gasteiger partial charge in [-0.1, -0.05) is 55.8 Å². The summed E-state index contributed by atoms with van der Waals surface area (Å²) in [5.41, 5.74) is 6.84. The highest BCUT2D eigenvalue weighted by atomic mass is 16.1. The van der Waals surface area contributed by atoms with Gasteiger partial charge >= 0.3 is 0 Å². The fraction of sp³-hybridized carbons (Fsp3) is 0.310. The zero-order valence-electron chi connectivity index (χ0n) is 20.9. The van der Waals surface area contributed by atoms with Crippen LogP contribution in [0, 0.1) is 25.2 Å². The van der Waals surface area contributed by atoms with Crippen molar-refractivity contribution in [2.24, 2.45) is 7.05 Å². The van der Waals surface area contributed by atoms with Gasteiger partial charge in [0, 0.05) is 24.7 Å². The van der Waals surface area contributed by atoms with Gasteiger partial charge in [-0.3, -0.25) is 14.0 Å². The molecule has 0 aliphatic rings. The van der Waals surface area contributed by atoms with E-state index in [2.05, 4.69) is 18.1 Å². The first kappa shape index (κ1) is 24.2. The zero-order valence-corrected chi connectivity index (χ0v) is 20.9. The number of unbranched alkanes of at least 4 members (excludes halogenated alkanes) is 1. The summed E-state index contributed by atoms with van der Waals surface area (Å²) in [7, 11) is 1.90. The smallest absolute Gasteiger partial charge is 0.257 e. The van der Waals surface area contributed by atoms with Crippen LogP contribution in [0.5, 0.6) is 0 Å². The molecule has 0 spiro atoms. The lowest BCUT2D eigenvalue weighted by Gasteiger charge is -2.15. The van der Waals surface area contributed by atoms with Crippen LogP contribution in [0.1, 0.15) is 59.4 Å². The van der Waals surface area contributed by atoms with E-state index in [1.807, 2.05) is 80.2 Å². The molecule has 2 aromatic carbocycles. The van der Waals surface area contributed by atoms with E-state index < -0.39 is 0 Å². The van der Waals surface area contributed by atoms with Gasteiger partial charge in [0.25, 0.3) is 5.56 Å². The maximum atomic E-state index is 13.7. The van der Waals surface area contributed by atoms with E-state index in [4.69, 9.17) is 4.98 Å². The highest BCUT2D eigenvalue weighted by Crippen LogP contribution is 2.25. The molecule has 6 heteroatoms. The fourth-order valence-electron chi connectivity index (χ4n) is 4.41. The van der Waals surface area contributed by atoms with Crippen LogP contribution >= 0.6 is 0 Å². The van der Waals surface area contributed by atoms with E-state index in [0.717, 1.165) is 53.0 Å². The molecule has 0 N–H and O–H groups in total. The minimum absolute atomic E-state index is 0.0300. The second kappa shape index (κ2) is 10.5. The Hall–Kier alpha value is -3.98. The third kappa shape index (κ3) is 5.25. The molecule has 2 aromatic heterocycles. The molecule has 0 unspecified atom stereocenters. The summed E-state index contributed by atoms with van der Waals surface area (Å²) in [4.78, 5) is 18.6. The van der Waals surface area contributed by atoms with Crippen LogP contribution in [0.2, 0.25) is 0 Å². The number of hydrogen-bond acceptors (Lipinski definition) is 4. The molecule has 0 aliphatic carbocycles. The summed E-state index contributed by atoms with van der Waals surface area (Å²) in [6.45, 7) is 6.41. The monoisotopic (exact) mass is 465 g/mol. The maximum absolute atomic E-state index is 13.7. The molecule has 35 heavy (non-hydrogen) atoms. The van der Waals surface area contributed by atoms with E-state index in [1.165, 1.54) is 0 Å². The molecule has 4 aromatic rings. The third-order valence-electron chi connectivity index (χ3n) is 6.46. The minimum Gasteiger partial charge on any atom is -0.290 e. The first-order valence-electron chi connectivity index (χ1n) is 12.1. The van der Waals surface area contributed by atoms with Crippen LogP contribution in [-0.4, -0.2) is 19.3 Å². The van der Waals surface area contributed by atoms with Crippen molar-refractivity contribution in [3.8, 4) is 17.2 Å². The van der Waals surface area contributed by atoms with Gasteiger partial charge in [-0.05, 0) is 55.5 Å². The van der Waals surface area contributed by atoms with Crippen LogP contribution in [-0.2, 0) is 26.4 Å². The Labute approximate surface area is 206 Å². The maximum Gasteiger partial charge on any atom is 0.257 e. The van der Waals surface area contributed by atoms with Crippen molar-refractivity contribution in [1.29, 1.82) is 5.26 Å². The number of nitrogens with zero attached hydrogens (tertiary/aromatic N) is 5. The summed E-state index contributed by atoms with van der Waals surface area (Å²) in [5, 5.41) is 14.4. The Bertz CT molecular complexity index is 1420. The highest BCUT2D eigenvalue weighted by Gasteiger charge is 2.17. The summed E-state index contributed by atoms with van der Waals surface area (Å²) >= 11 is 0. The van der Waals surface area contributed by atoms with Crippen molar-refractivity contribution < 1.29 is 0 Å². The zero-order chi connectivity index (χ0) is 24.9. The van der Waals surface area contributed by atoms with Crippen LogP contribution in [0.15, 0.2) is 59.4 Å². The van der Waals surface area contributed by atoms with Gasteiger partial charge in [0.05, 0.1) is 29.6 Å². The van der Waals surface area contributed by atoms with Crippen molar-refractivity contribution in [1.82, 2.24) is 19.3 Å². The van der Waals surface area contributed by atoms with Crippen molar-refractivity contribution in [3.63, 3.8) is 0 Å². The fourth-order valence-corrected chi connectivity index (χ4v) is 4.41. The molecule has 0 bridgehead atoms. The predicted octanol–water partition coefficient (Wildman–Crippen LogP) is 5.11. The number of aryl methyl sites for hydroxylation is 4. The van der Waals surface area contributed by atoms with Crippen molar-refractivity contribution in [2.75, 3.05) is 0 Å². The molecule has 0 fully saturated rings. The molecule has 0 saturated heterocycles. The molecule has 4 rings (SSSR count). The SMILES string of the molecule is CCCCc1nc(C)n(Cc2cc(C)n(C)n2)c(=O)c1Cc1ccc(-c2ccccc2)c(C#N)c1. The van der Waals surface area contributed by atoms with Crippen LogP contribution in [0.4, 0.5) is 0 Å². The van der Waals surface area contributed by atoms with E-state index in [9.17, 15) is 10.1 Å².